The highest BCUT2D eigenvalue weighted by molar-refractivity contribution is 5.85. The summed E-state index contributed by atoms with van der Waals surface area (Å²) >= 11 is 0. The SMILES string of the molecule is Cl.NOc1cc(F)cc(F)c1. The summed E-state index contributed by atoms with van der Waals surface area (Å²) in [5, 5.41) is 0. The molecule has 0 amide bonds. The number of halogens is 3. The Labute approximate surface area is 68.3 Å². The van der Waals surface area contributed by atoms with Crippen LogP contribution in [0.15, 0.2) is 18.2 Å². The van der Waals surface area contributed by atoms with Gasteiger partial charge in [-0.15, -0.1) is 12.4 Å². The summed E-state index contributed by atoms with van der Waals surface area (Å²) in [6.07, 6.45) is 0. The van der Waals surface area contributed by atoms with Gasteiger partial charge in [0, 0.05) is 18.2 Å². The van der Waals surface area contributed by atoms with Gasteiger partial charge in [-0.3, -0.25) is 0 Å². The van der Waals surface area contributed by atoms with Crippen molar-refractivity contribution in [2.24, 2.45) is 5.90 Å². The Balaban J connectivity index is 0.000001000. The van der Waals surface area contributed by atoms with E-state index in [2.05, 4.69) is 10.7 Å². The maximum absolute atomic E-state index is 12.2. The van der Waals surface area contributed by atoms with Gasteiger partial charge in [-0.2, -0.15) is 5.90 Å². The molecule has 11 heavy (non-hydrogen) atoms. The first kappa shape index (κ1) is 10.1. The molecule has 0 unspecified atom stereocenters. The normalized spacial score (nSPS) is 8.64. The second-order valence-electron chi connectivity index (χ2n) is 1.72. The highest BCUT2D eigenvalue weighted by Gasteiger charge is 1.98. The first-order valence-corrected chi connectivity index (χ1v) is 2.55. The zero-order valence-electron chi connectivity index (χ0n) is 5.38. The van der Waals surface area contributed by atoms with Crippen molar-refractivity contribution in [3.63, 3.8) is 0 Å². The quantitative estimate of drug-likeness (QED) is 0.669. The van der Waals surface area contributed by atoms with Gasteiger partial charge in [0.25, 0.3) is 0 Å². The first-order chi connectivity index (χ1) is 4.72. The van der Waals surface area contributed by atoms with Crippen LogP contribution in [0.2, 0.25) is 0 Å². The van der Waals surface area contributed by atoms with Crippen LogP contribution in [0.3, 0.4) is 0 Å². The van der Waals surface area contributed by atoms with Crippen molar-refractivity contribution < 1.29 is 13.6 Å². The van der Waals surface area contributed by atoms with Gasteiger partial charge in [0.2, 0.25) is 0 Å². The molecule has 0 saturated carbocycles. The molecule has 1 rings (SSSR count). The molecule has 0 atom stereocenters. The molecule has 1 aromatic rings. The van der Waals surface area contributed by atoms with Gasteiger partial charge in [-0.25, -0.2) is 8.78 Å². The Morgan fingerprint density at radius 2 is 1.55 bits per heavy atom. The van der Waals surface area contributed by atoms with Crippen LogP contribution >= 0.6 is 12.4 Å². The molecular weight excluding hydrogens is 176 g/mol. The summed E-state index contributed by atoms with van der Waals surface area (Å²) in [6, 6.07) is 2.72. The molecule has 0 heterocycles. The van der Waals surface area contributed by atoms with Crippen LogP contribution in [0.4, 0.5) is 8.78 Å². The third-order valence-corrected chi connectivity index (χ3v) is 0.972. The Morgan fingerprint density at radius 1 is 1.09 bits per heavy atom. The molecule has 0 radical (unpaired) electrons. The van der Waals surface area contributed by atoms with Crippen molar-refractivity contribution in [3.05, 3.63) is 29.8 Å². The maximum Gasteiger partial charge on any atom is 0.152 e. The van der Waals surface area contributed by atoms with E-state index in [9.17, 15) is 8.78 Å². The smallest absolute Gasteiger partial charge is 0.152 e. The van der Waals surface area contributed by atoms with Crippen molar-refractivity contribution in [2.45, 2.75) is 0 Å². The number of benzene rings is 1. The third kappa shape index (κ3) is 2.69. The van der Waals surface area contributed by atoms with Gasteiger partial charge in [0.15, 0.2) is 5.75 Å². The van der Waals surface area contributed by atoms with Gasteiger partial charge in [-0.05, 0) is 0 Å². The molecule has 0 bridgehead atoms. The van der Waals surface area contributed by atoms with E-state index in [1.54, 1.807) is 0 Å². The summed E-state index contributed by atoms with van der Waals surface area (Å²) in [5.74, 6) is 3.21. The second kappa shape index (κ2) is 4.10. The van der Waals surface area contributed by atoms with E-state index in [0.717, 1.165) is 18.2 Å². The topological polar surface area (TPSA) is 35.2 Å². The fourth-order valence-corrected chi connectivity index (χ4v) is 0.597. The average molecular weight is 182 g/mol. The first-order valence-electron chi connectivity index (χ1n) is 2.55. The van der Waals surface area contributed by atoms with Crippen LogP contribution in [0.25, 0.3) is 0 Å². The lowest BCUT2D eigenvalue weighted by molar-refractivity contribution is 0.330. The van der Waals surface area contributed by atoms with E-state index in [4.69, 9.17) is 0 Å². The third-order valence-electron chi connectivity index (χ3n) is 0.972. The molecular formula is C6H6ClF2NO. The zero-order chi connectivity index (χ0) is 7.56. The van der Waals surface area contributed by atoms with Crippen molar-refractivity contribution >= 4 is 12.4 Å². The van der Waals surface area contributed by atoms with Crippen LogP contribution in [0.1, 0.15) is 0 Å². The van der Waals surface area contributed by atoms with E-state index < -0.39 is 11.6 Å². The minimum absolute atomic E-state index is 0. The van der Waals surface area contributed by atoms with E-state index in [0.29, 0.717) is 0 Å². The molecule has 2 N–H and O–H groups in total. The highest BCUT2D eigenvalue weighted by atomic mass is 35.5. The number of hydrogen-bond acceptors (Lipinski definition) is 2. The lowest BCUT2D eigenvalue weighted by Gasteiger charge is -1.96. The summed E-state index contributed by atoms with van der Waals surface area (Å²) in [6.45, 7) is 0. The van der Waals surface area contributed by atoms with Crippen molar-refractivity contribution in [2.75, 3.05) is 0 Å². The van der Waals surface area contributed by atoms with Crippen LogP contribution < -0.4 is 10.7 Å². The minimum Gasteiger partial charge on any atom is -0.411 e. The monoisotopic (exact) mass is 181 g/mol. The van der Waals surface area contributed by atoms with Gasteiger partial charge in [0.05, 0.1) is 0 Å². The van der Waals surface area contributed by atoms with Gasteiger partial charge >= 0.3 is 0 Å². The van der Waals surface area contributed by atoms with Gasteiger partial charge < -0.3 is 4.84 Å². The Kier molecular flexibility index (Phi) is 3.78. The van der Waals surface area contributed by atoms with Crippen molar-refractivity contribution in [3.8, 4) is 5.75 Å². The fourth-order valence-electron chi connectivity index (χ4n) is 0.597. The standard InChI is InChI=1S/C6H5F2NO.ClH/c7-4-1-5(8)3-6(2-4)10-9;/h1-3H,9H2;1H. The molecule has 0 saturated heterocycles. The second-order valence-corrected chi connectivity index (χ2v) is 1.72. The summed E-state index contributed by atoms with van der Waals surface area (Å²) in [7, 11) is 0. The molecule has 0 spiro atoms. The van der Waals surface area contributed by atoms with Crippen LogP contribution in [-0.2, 0) is 0 Å². The number of hydrogen-bond donors (Lipinski definition) is 1. The fraction of sp³-hybridized carbons (Fsp3) is 0. The molecule has 0 aliphatic heterocycles. The van der Waals surface area contributed by atoms with Crippen LogP contribution in [0.5, 0.6) is 5.75 Å². The van der Waals surface area contributed by atoms with Crippen molar-refractivity contribution in [1.82, 2.24) is 0 Å². The van der Waals surface area contributed by atoms with Crippen LogP contribution in [0, 0.1) is 11.6 Å². The summed E-state index contributed by atoms with van der Waals surface area (Å²) in [5.41, 5.74) is 0. The molecule has 0 aliphatic rings. The molecule has 1 aromatic carbocycles. The molecule has 62 valence electrons. The van der Waals surface area contributed by atoms with E-state index in [1.807, 2.05) is 0 Å². The lowest BCUT2D eigenvalue weighted by Crippen LogP contribution is -2.02. The largest absolute Gasteiger partial charge is 0.411 e. The Hall–Kier alpha value is -0.870. The predicted molar refractivity (Wildman–Crippen MR) is 38.4 cm³/mol. The highest BCUT2D eigenvalue weighted by Crippen LogP contribution is 2.13. The summed E-state index contributed by atoms with van der Waals surface area (Å²) in [4.78, 5) is 4.10. The van der Waals surface area contributed by atoms with E-state index in [1.165, 1.54) is 0 Å². The van der Waals surface area contributed by atoms with Crippen LogP contribution in [-0.4, -0.2) is 0 Å². The molecule has 0 aliphatic carbocycles. The van der Waals surface area contributed by atoms with Crippen molar-refractivity contribution in [1.29, 1.82) is 0 Å². The molecule has 0 fully saturated rings. The maximum atomic E-state index is 12.2. The Morgan fingerprint density at radius 3 is 1.91 bits per heavy atom. The predicted octanol–water partition coefficient (Wildman–Crippen LogP) is 1.64. The van der Waals surface area contributed by atoms with E-state index >= 15 is 0 Å². The average Bonchev–Trinajstić information content (AvgIpc) is 1.85. The zero-order valence-corrected chi connectivity index (χ0v) is 6.20. The number of rotatable bonds is 1. The molecule has 2 nitrogen and oxygen atoms in total. The molecule has 0 aromatic heterocycles. The minimum atomic E-state index is -0.708. The lowest BCUT2D eigenvalue weighted by atomic mass is 10.3. The number of nitrogens with two attached hydrogens (primary N) is 1. The Bertz CT molecular complexity index is 224. The summed E-state index contributed by atoms with van der Waals surface area (Å²) < 4.78 is 24.5. The van der Waals surface area contributed by atoms with Gasteiger partial charge in [0.1, 0.15) is 11.6 Å². The molecule has 5 heteroatoms. The van der Waals surface area contributed by atoms with E-state index in [-0.39, 0.29) is 18.2 Å². The van der Waals surface area contributed by atoms with Gasteiger partial charge in [-0.1, -0.05) is 0 Å².